The number of rotatable bonds is 7. The number of hydrogen-bond acceptors (Lipinski definition) is 3. The van der Waals surface area contributed by atoms with E-state index in [-0.39, 0.29) is 12.5 Å². The zero-order valence-electron chi connectivity index (χ0n) is 12.2. The van der Waals surface area contributed by atoms with Gasteiger partial charge in [-0.05, 0) is 42.5 Å². The van der Waals surface area contributed by atoms with Crippen LogP contribution in [-0.2, 0) is 4.79 Å². The first-order valence-corrected chi connectivity index (χ1v) is 8.05. The molecule has 0 aliphatic rings. The molecule has 0 aliphatic heterocycles. The van der Waals surface area contributed by atoms with Gasteiger partial charge >= 0.3 is 0 Å². The Balaban J connectivity index is 2.05. The van der Waals surface area contributed by atoms with Crippen molar-refractivity contribution in [3.8, 4) is 0 Å². The molecule has 0 aliphatic carbocycles. The fourth-order valence-electron chi connectivity index (χ4n) is 1.87. The van der Waals surface area contributed by atoms with Crippen molar-refractivity contribution >= 4 is 23.4 Å². The Morgan fingerprint density at radius 3 is 2.32 bits per heavy atom. The Morgan fingerprint density at radius 1 is 1.05 bits per heavy atom. The summed E-state index contributed by atoms with van der Waals surface area (Å²) in [6, 6.07) is 19.3. The second-order valence-corrected chi connectivity index (χ2v) is 5.66. The van der Waals surface area contributed by atoms with Crippen LogP contribution in [0.1, 0.15) is 12.8 Å². The number of aliphatic hydroxyl groups is 1. The number of anilines is 1. The number of thioether (sulfide) groups is 1. The molecule has 1 amide bonds. The smallest absolute Gasteiger partial charge is 0.252 e. The van der Waals surface area contributed by atoms with Gasteiger partial charge in [0.15, 0.2) is 0 Å². The van der Waals surface area contributed by atoms with E-state index < -0.39 is 0 Å². The van der Waals surface area contributed by atoms with Gasteiger partial charge in [0.25, 0.3) is 5.91 Å². The number of carbonyl (C=O) groups is 1. The zero-order valence-corrected chi connectivity index (χ0v) is 13.1. The highest BCUT2D eigenvalue weighted by Crippen LogP contribution is 2.22. The van der Waals surface area contributed by atoms with Gasteiger partial charge in [-0.25, -0.2) is 0 Å². The molecule has 0 aromatic heterocycles. The SMILES string of the molecule is O=C(Nc1ccccc1)/C(=C\Sc1ccccc1)CCCO. The maximum Gasteiger partial charge on any atom is 0.252 e. The Labute approximate surface area is 135 Å². The van der Waals surface area contributed by atoms with E-state index in [1.165, 1.54) is 11.8 Å². The van der Waals surface area contributed by atoms with E-state index in [0.29, 0.717) is 18.4 Å². The van der Waals surface area contributed by atoms with Crippen LogP contribution in [-0.4, -0.2) is 17.6 Å². The van der Waals surface area contributed by atoms with Crippen molar-refractivity contribution in [3.05, 3.63) is 71.6 Å². The molecule has 4 heteroatoms. The molecule has 0 saturated carbocycles. The first kappa shape index (κ1) is 16.3. The largest absolute Gasteiger partial charge is 0.396 e. The first-order valence-electron chi connectivity index (χ1n) is 7.17. The van der Waals surface area contributed by atoms with E-state index in [2.05, 4.69) is 5.32 Å². The first-order chi connectivity index (χ1) is 10.8. The molecule has 0 radical (unpaired) electrons. The summed E-state index contributed by atoms with van der Waals surface area (Å²) in [6.45, 7) is 0.0754. The lowest BCUT2D eigenvalue weighted by molar-refractivity contribution is -0.113. The van der Waals surface area contributed by atoms with Crippen molar-refractivity contribution in [2.24, 2.45) is 0 Å². The normalized spacial score (nSPS) is 11.2. The molecule has 0 heterocycles. The molecular weight excluding hydrogens is 294 g/mol. The van der Waals surface area contributed by atoms with Crippen molar-refractivity contribution in [1.29, 1.82) is 0 Å². The molecule has 0 saturated heterocycles. The van der Waals surface area contributed by atoms with E-state index in [0.717, 1.165) is 10.6 Å². The Kier molecular flexibility index (Phi) is 6.74. The van der Waals surface area contributed by atoms with Gasteiger partial charge in [-0.3, -0.25) is 4.79 Å². The predicted molar refractivity (Wildman–Crippen MR) is 91.8 cm³/mol. The maximum atomic E-state index is 12.4. The fraction of sp³-hybridized carbons (Fsp3) is 0.167. The van der Waals surface area contributed by atoms with Crippen molar-refractivity contribution in [2.45, 2.75) is 17.7 Å². The summed E-state index contributed by atoms with van der Waals surface area (Å²) in [6.07, 6.45) is 1.12. The van der Waals surface area contributed by atoms with Gasteiger partial charge < -0.3 is 10.4 Å². The fourth-order valence-corrected chi connectivity index (χ4v) is 2.68. The number of aliphatic hydroxyl groups excluding tert-OH is 1. The van der Waals surface area contributed by atoms with E-state index in [1.807, 2.05) is 66.1 Å². The van der Waals surface area contributed by atoms with Crippen LogP contribution in [0.25, 0.3) is 0 Å². The molecule has 0 bridgehead atoms. The third kappa shape index (κ3) is 5.39. The van der Waals surface area contributed by atoms with Crippen LogP contribution in [0.15, 0.2) is 76.5 Å². The number of nitrogens with one attached hydrogen (secondary N) is 1. The standard InChI is InChI=1S/C18H19NO2S/c20-13-7-8-15(14-22-17-11-5-2-6-12-17)18(21)19-16-9-3-1-4-10-16/h1-6,9-12,14,20H,7-8,13H2,(H,19,21)/b15-14-. The number of hydrogen-bond donors (Lipinski definition) is 2. The summed E-state index contributed by atoms with van der Waals surface area (Å²) in [4.78, 5) is 13.4. The van der Waals surface area contributed by atoms with Crippen molar-refractivity contribution in [1.82, 2.24) is 0 Å². The van der Waals surface area contributed by atoms with Gasteiger partial charge in [0.2, 0.25) is 0 Å². The number of para-hydroxylation sites is 1. The van der Waals surface area contributed by atoms with Gasteiger partial charge in [0.1, 0.15) is 0 Å². The molecule has 0 spiro atoms. The lowest BCUT2D eigenvalue weighted by Crippen LogP contribution is -2.14. The van der Waals surface area contributed by atoms with E-state index in [1.54, 1.807) is 0 Å². The molecule has 2 N–H and O–H groups in total. The molecule has 0 fully saturated rings. The molecule has 22 heavy (non-hydrogen) atoms. The van der Waals surface area contributed by atoms with Gasteiger partial charge in [0.05, 0.1) is 0 Å². The minimum atomic E-state index is -0.122. The molecule has 3 nitrogen and oxygen atoms in total. The highest BCUT2D eigenvalue weighted by atomic mass is 32.2. The van der Waals surface area contributed by atoms with Crippen molar-refractivity contribution in [3.63, 3.8) is 0 Å². The maximum absolute atomic E-state index is 12.4. The molecule has 2 aromatic rings. The minimum absolute atomic E-state index is 0.0754. The van der Waals surface area contributed by atoms with E-state index in [9.17, 15) is 4.79 Å². The molecular formula is C18H19NO2S. The molecule has 114 valence electrons. The number of carbonyl (C=O) groups excluding carboxylic acids is 1. The van der Waals surface area contributed by atoms with Gasteiger partial charge in [-0.15, -0.1) is 0 Å². The van der Waals surface area contributed by atoms with E-state index >= 15 is 0 Å². The minimum Gasteiger partial charge on any atom is -0.396 e. The summed E-state index contributed by atoms with van der Waals surface area (Å²) in [5.41, 5.74) is 1.44. The quantitative estimate of drug-likeness (QED) is 0.598. The summed E-state index contributed by atoms with van der Waals surface area (Å²) in [5, 5.41) is 13.8. The van der Waals surface area contributed by atoms with Crippen LogP contribution < -0.4 is 5.32 Å². The molecule has 2 aromatic carbocycles. The van der Waals surface area contributed by atoms with Crippen LogP contribution in [0.4, 0.5) is 5.69 Å². The lowest BCUT2D eigenvalue weighted by Gasteiger charge is -2.08. The third-order valence-electron chi connectivity index (χ3n) is 3.01. The van der Waals surface area contributed by atoms with Crippen LogP contribution in [0, 0.1) is 0 Å². The van der Waals surface area contributed by atoms with Crippen LogP contribution in [0.2, 0.25) is 0 Å². The molecule has 2 rings (SSSR count). The average molecular weight is 313 g/mol. The molecule has 0 unspecified atom stereocenters. The second kappa shape index (κ2) is 9.07. The topological polar surface area (TPSA) is 49.3 Å². The summed E-state index contributed by atoms with van der Waals surface area (Å²) in [5.74, 6) is -0.122. The second-order valence-electron chi connectivity index (χ2n) is 4.72. The predicted octanol–water partition coefficient (Wildman–Crippen LogP) is 4.07. The van der Waals surface area contributed by atoms with E-state index in [4.69, 9.17) is 5.11 Å². The highest BCUT2D eigenvalue weighted by molar-refractivity contribution is 8.02. The van der Waals surface area contributed by atoms with Gasteiger partial charge in [-0.2, -0.15) is 0 Å². The average Bonchev–Trinajstić information content (AvgIpc) is 2.56. The number of amides is 1. The summed E-state index contributed by atoms with van der Waals surface area (Å²) >= 11 is 1.51. The Morgan fingerprint density at radius 2 is 1.68 bits per heavy atom. The van der Waals surface area contributed by atoms with Crippen molar-refractivity contribution < 1.29 is 9.90 Å². The molecule has 0 atom stereocenters. The lowest BCUT2D eigenvalue weighted by atomic mass is 10.1. The van der Waals surface area contributed by atoms with Crippen LogP contribution >= 0.6 is 11.8 Å². The van der Waals surface area contributed by atoms with Crippen LogP contribution in [0.3, 0.4) is 0 Å². The summed E-state index contributed by atoms with van der Waals surface area (Å²) in [7, 11) is 0. The monoisotopic (exact) mass is 313 g/mol. The van der Waals surface area contributed by atoms with Gasteiger partial charge in [0, 0.05) is 22.8 Å². The van der Waals surface area contributed by atoms with Crippen molar-refractivity contribution in [2.75, 3.05) is 11.9 Å². The van der Waals surface area contributed by atoms with Crippen LogP contribution in [0.5, 0.6) is 0 Å². The summed E-state index contributed by atoms with van der Waals surface area (Å²) < 4.78 is 0. The number of benzene rings is 2. The Bertz CT molecular complexity index is 611. The third-order valence-corrected chi connectivity index (χ3v) is 3.95. The van der Waals surface area contributed by atoms with Gasteiger partial charge in [-0.1, -0.05) is 48.2 Å². The highest BCUT2D eigenvalue weighted by Gasteiger charge is 2.09. The Hall–Kier alpha value is -2.04. The zero-order chi connectivity index (χ0) is 15.6.